The number of hydrogen-bond acceptors (Lipinski definition) is 4. The number of amides is 1. The molecule has 29 heavy (non-hydrogen) atoms. The number of ether oxygens (including phenoxy) is 1. The Balaban J connectivity index is 1.76. The molecule has 1 amide bonds. The topological polar surface area (TPSA) is 58.6 Å². The van der Waals surface area contributed by atoms with Gasteiger partial charge in [0.1, 0.15) is 6.17 Å². The third-order valence-corrected chi connectivity index (χ3v) is 4.98. The molecule has 0 aliphatic carbocycles. The van der Waals surface area contributed by atoms with Crippen molar-refractivity contribution in [1.82, 2.24) is 0 Å². The highest BCUT2D eigenvalue weighted by atomic mass is 16.5. The molecular formula is C24H22N2O3. The first-order chi connectivity index (χ1) is 14.1. The van der Waals surface area contributed by atoms with Crippen LogP contribution in [-0.2, 0) is 4.74 Å². The Morgan fingerprint density at radius 1 is 1.00 bits per heavy atom. The molecule has 5 nitrogen and oxygen atoms in total. The van der Waals surface area contributed by atoms with Crippen LogP contribution in [0.5, 0.6) is 0 Å². The lowest BCUT2D eigenvalue weighted by Crippen LogP contribution is -2.43. The van der Waals surface area contributed by atoms with Crippen molar-refractivity contribution in [2.75, 3.05) is 16.8 Å². The van der Waals surface area contributed by atoms with Crippen LogP contribution in [0.15, 0.2) is 72.8 Å². The first-order valence-electron chi connectivity index (χ1n) is 9.61. The van der Waals surface area contributed by atoms with Gasteiger partial charge in [-0.1, -0.05) is 42.0 Å². The number of fused-ring (bicyclic) bond motifs is 1. The van der Waals surface area contributed by atoms with Crippen molar-refractivity contribution in [3.63, 3.8) is 0 Å². The van der Waals surface area contributed by atoms with E-state index in [1.54, 1.807) is 36.1 Å². The van der Waals surface area contributed by atoms with Gasteiger partial charge in [0, 0.05) is 11.4 Å². The minimum Gasteiger partial charge on any atom is -0.462 e. The predicted octanol–water partition coefficient (Wildman–Crippen LogP) is 4.94. The molecular weight excluding hydrogens is 364 g/mol. The molecule has 1 atom stereocenters. The number of hydrogen-bond donors (Lipinski definition) is 1. The zero-order valence-electron chi connectivity index (χ0n) is 16.4. The molecule has 1 aliphatic rings. The largest absolute Gasteiger partial charge is 0.462 e. The Kier molecular flexibility index (Phi) is 5.04. The maximum absolute atomic E-state index is 13.4. The molecule has 0 spiro atoms. The summed E-state index contributed by atoms with van der Waals surface area (Å²) in [5.74, 6) is -0.462. The summed E-state index contributed by atoms with van der Waals surface area (Å²) in [4.78, 5) is 27.1. The zero-order valence-corrected chi connectivity index (χ0v) is 16.4. The molecule has 146 valence electrons. The Morgan fingerprint density at radius 2 is 1.69 bits per heavy atom. The van der Waals surface area contributed by atoms with Gasteiger partial charge in [0.2, 0.25) is 0 Å². The number of carbonyl (C=O) groups excluding carboxylic acids is 2. The van der Waals surface area contributed by atoms with E-state index < -0.39 is 0 Å². The van der Waals surface area contributed by atoms with Gasteiger partial charge in [-0.05, 0) is 55.8 Å². The van der Waals surface area contributed by atoms with Gasteiger partial charge in [-0.2, -0.15) is 0 Å². The SMILES string of the molecule is CCOC(=O)c1ccc(N2C(=O)c3ccccc3N[C@H]2c2ccc(C)cc2)cc1. The number of anilines is 2. The summed E-state index contributed by atoms with van der Waals surface area (Å²) in [6.07, 6.45) is -0.355. The summed E-state index contributed by atoms with van der Waals surface area (Å²) in [7, 11) is 0. The van der Waals surface area contributed by atoms with Crippen LogP contribution in [0.25, 0.3) is 0 Å². The number of nitrogens with one attached hydrogen (secondary N) is 1. The molecule has 0 radical (unpaired) electrons. The highest BCUT2D eigenvalue weighted by Gasteiger charge is 2.34. The summed E-state index contributed by atoms with van der Waals surface area (Å²) in [6, 6.07) is 22.5. The van der Waals surface area contributed by atoms with E-state index in [0.29, 0.717) is 23.4 Å². The average molecular weight is 386 g/mol. The van der Waals surface area contributed by atoms with Crippen molar-refractivity contribution in [2.24, 2.45) is 0 Å². The normalized spacial score (nSPS) is 15.4. The third-order valence-electron chi connectivity index (χ3n) is 4.98. The quantitative estimate of drug-likeness (QED) is 0.645. The van der Waals surface area contributed by atoms with Gasteiger partial charge < -0.3 is 10.1 Å². The van der Waals surface area contributed by atoms with Crippen molar-refractivity contribution >= 4 is 23.3 Å². The van der Waals surface area contributed by atoms with Crippen LogP contribution in [0, 0.1) is 6.92 Å². The fraction of sp³-hybridized carbons (Fsp3) is 0.167. The van der Waals surface area contributed by atoms with Crippen LogP contribution in [-0.4, -0.2) is 18.5 Å². The van der Waals surface area contributed by atoms with Gasteiger partial charge in [0.05, 0.1) is 17.7 Å². The van der Waals surface area contributed by atoms with Gasteiger partial charge in [-0.3, -0.25) is 9.69 Å². The van der Waals surface area contributed by atoms with Crippen LogP contribution in [0.1, 0.15) is 44.9 Å². The monoisotopic (exact) mass is 386 g/mol. The van der Waals surface area contributed by atoms with Crippen molar-refractivity contribution < 1.29 is 14.3 Å². The van der Waals surface area contributed by atoms with Crippen LogP contribution < -0.4 is 10.2 Å². The first kappa shape index (κ1) is 18.7. The highest BCUT2D eigenvalue weighted by molar-refractivity contribution is 6.12. The van der Waals surface area contributed by atoms with E-state index in [4.69, 9.17) is 4.74 Å². The van der Waals surface area contributed by atoms with Crippen LogP contribution >= 0.6 is 0 Å². The van der Waals surface area contributed by atoms with Gasteiger partial charge in [0.15, 0.2) is 0 Å². The summed E-state index contributed by atoms with van der Waals surface area (Å²) >= 11 is 0. The van der Waals surface area contributed by atoms with E-state index >= 15 is 0 Å². The van der Waals surface area contributed by atoms with Crippen molar-refractivity contribution in [1.29, 1.82) is 0 Å². The zero-order chi connectivity index (χ0) is 20.4. The number of rotatable bonds is 4. The van der Waals surface area contributed by atoms with Gasteiger partial charge in [-0.15, -0.1) is 0 Å². The fourth-order valence-corrected chi connectivity index (χ4v) is 3.47. The number of aryl methyl sites for hydroxylation is 1. The predicted molar refractivity (Wildman–Crippen MR) is 113 cm³/mol. The third kappa shape index (κ3) is 3.59. The van der Waals surface area contributed by atoms with Gasteiger partial charge >= 0.3 is 5.97 Å². The minimum atomic E-state index is -0.373. The molecule has 4 rings (SSSR count). The smallest absolute Gasteiger partial charge is 0.338 e. The van der Waals surface area contributed by atoms with E-state index in [1.807, 2.05) is 55.5 Å². The Morgan fingerprint density at radius 3 is 2.38 bits per heavy atom. The molecule has 0 fully saturated rings. The Labute approximate surface area is 169 Å². The van der Waals surface area contributed by atoms with E-state index in [9.17, 15) is 9.59 Å². The second kappa shape index (κ2) is 7.80. The second-order valence-corrected chi connectivity index (χ2v) is 6.95. The van der Waals surface area contributed by atoms with Crippen molar-refractivity contribution in [3.8, 4) is 0 Å². The molecule has 1 N–H and O–H groups in total. The van der Waals surface area contributed by atoms with E-state index in [2.05, 4.69) is 5.32 Å². The summed E-state index contributed by atoms with van der Waals surface area (Å²) < 4.78 is 5.05. The second-order valence-electron chi connectivity index (χ2n) is 6.95. The minimum absolute atomic E-state index is 0.0891. The Hall–Kier alpha value is -3.60. The maximum atomic E-state index is 13.4. The summed E-state index contributed by atoms with van der Waals surface area (Å²) in [5, 5.41) is 3.48. The molecule has 0 aromatic heterocycles. The van der Waals surface area contributed by atoms with Crippen molar-refractivity contribution in [3.05, 3.63) is 95.1 Å². The molecule has 5 heteroatoms. The van der Waals surface area contributed by atoms with E-state index in [-0.39, 0.29) is 18.0 Å². The van der Waals surface area contributed by atoms with Gasteiger partial charge in [0.25, 0.3) is 5.91 Å². The molecule has 0 saturated carbocycles. The number of benzene rings is 3. The molecule has 1 heterocycles. The number of carbonyl (C=O) groups is 2. The molecule has 0 unspecified atom stereocenters. The number of nitrogens with zero attached hydrogens (tertiary/aromatic N) is 1. The molecule has 1 aliphatic heterocycles. The van der Waals surface area contributed by atoms with Crippen LogP contribution in [0.3, 0.4) is 0 Å². The average Bonchev–Trinajstić information content (AvgIpc) is 2.75. The summed E-state index contributed by atoms with van der Waals surface area (Å²) in [5.41, 5.74) is 4.72. The van der Waals surface area contributed by atoms with Crippen molar-refractivity contribution in [2.45, 2.75) is 20.0 Å². The maximum Gasteiger partial charge on any atom is 0.338 e. The lowest BCUT2D eigenvalue weighted by molar-refractivity contribution is 0.0526. The molecule has 3 aromatic carbocycles. The lowest BCUT2D eigenvalue weighted by Gasteiger charge is -2.38. The van der Waals surface area contributed by atoms with Crippen LogP contribution in [0.4, 0.5) is 11.4 Å². The lowest BCUT2D eigenvalue weighted by atomic mass is 10.0. The molecule has 0 saturated heterocycles. The fourth-order valence-electron chi connectivity index (χ4n) is 3.47. The number of esters is 1. The van der Waals surface area contributed by atoms with Gasteiger partial charge in [-0.25, -0.2) is 4.79 Å². The summed E-state index contributed by atoms with van der Waals surface area (Å²) in [6.45, 7) is 4.12. The molecule has 0 bridgehead atoms. The Bertz CT molecular complexity index is 1040. The van der Waals surface area contributed by atoms with E-state index in [0.717, 1.165) is 16.8 Å². The van der Waals surface area contributed by atoms with Crippen LogP contribution in [0.2, 0.25) is 0 Å². The first-order valence-corrected chi connectivity index (χ1v) is 9.61. The molecule has 3 aromatic rings. The standard InChI is InChI=1S/C24H22N2O3/c1-3-29-24(28)18-12-14-19(15-13-18)26-22(17-10-8-16(2)9-11-17)25-21-7-5-4-6-20(21)23(26)27/h4-15,22,25H,3H2,1-2H3/t22-/m1/s1. The van der Waals surface area contributed by atoms with E-state index in [1.165, 1.54) is 0 Å². The number of para-hydroxylation sites is 1. The highest BCUT2D eigenvalue weighted by Crippen LogP contribution is 2.36.